The van der Waals surface area contributed by atoms with Crippen molar-refractivity contribution in [1.82, 2.24) is 0 Å². The Labute approximate surface area is 190 Å². The zero-order valence-corrected chi connectivity index (χ0v) is 19.9. The predicted octanol–water partition coefficient (Wildman–Crippen LogP) is 2.82. The molecule has 1 atom stereocenters. The summed E-state index contributed by atoms with van der Waals surface area (Å²) in [7, 11) is -7.35. The van der Waals surface area contributed by atoms with Crippen LogP contribution in [0.4, 0.5) is 0 Å². The van der Waals surface area contributed by atoms with Crippen molar-refractivity contribution < 1.29 is 22.6 Å². The average Bonchev–Trinajstić information content (AvgIpc) is 2.78. The molecule has 0 radical (unpaired) electrons. The van der Waals surface area contributed by atoms with Crippen LogP contribution in [0.15, 0.2) is 83.8 Å². The molecule has 5 N–H and O–H groups in total. The minimum atomic E-state index is -3.70. The summed E-state index contributed by atoms with van der Waals surface area (Å²) < 4.78 is 36.5. The molecule has 3 rings (SSSR count). The first-order valence-electron chi connectivity index (χ1n) is 10.3. The second-order valence-electron chi connectivity index (χ2n) is 8.00. The van der Waals surface area contributed by atoms with Crippen LogP contribution in [0, 0.1) is 0 Å². The van der Waals surface area contributed by atoms with Gasteiger partial charge in [-0.05, 0) is 0 Å². The van der Waals surface area contributed by atoms with E-state index in [-0.39, 0.29) is 31.1 Å². The molecule has 2 aromatic carbocycles. The first kappa shape index (κ1) is 24.6. The molecule has 174 valence electrons. The summed E-state index contributed by atoms with van der Waals surface area (Å²) in [6.07, 6.45) is 4.20. The van der Waals surface area contributed by atoms with E-state index in [1.807, 2.05) is 60.7 Å². The molecule has 2 aromatic rings. The molecule has 0 fully saturated rings. The summed E-state index contributed by atoms with van der Waals surface area (Å²) in [4.78, 5) is 10.0. The van der Waals surface area contributed by atoms with Crippen molar-refractivity contribution in [3.05, 3.63) is 95.0 Å². The molecule has 0 aromatic heterocycles. The molecule has 7 nitrogen and oxygen atoms in total. The SMILES string of the molecule is CS(=O)(=O)C1(N)C=C([PH](O)(CCOCc2ccccc2)OCc2ccccc2)C(N)=CC1. The molecule has 0 saturated carbocycles. The third kappa shape index (κ3) is 6.04. The van der Waals surface area contributed by atoms with Crippen molar-refractivity contribution in [2.75, 3.05) is 19.0 Å². The third-order valence-corrected chi connectivity index (χ3v) is 9.91. The Morgan fingerprint density at radius 1 is 1.03 bits per heavy atom. The normalized spacial score (nSPS) is 19.8. The van der Waals surface area contributed by atoms with Crippen LogP contribution in [0.2, 0.25) is 0 Å². The molecule has 0 amide bonds. The van der Waals surface area contributed by atoms with Crippen LogP contribution >= 0.6 is 7.72 Å². The fourth-order valence-electron chi connectivity index (χ4n) is 3.40. The maximum absolute atomic E-state index is 12.3. The van der Waals surface area contributed by atoms with E-state index in [4.69, 9.17) is 20.7 Å². The van der Waals surface area contributed by atoms with Gasteiger partial charge >= 0.3 is 190 Å². The van der Waals surface area contributed by atoms with E-state index >= 15 is 0 Å². The number of sulfone groups is 1. The van der Waals surface area contributed by atoms with Gasteiger partial charge in [0.05, 0.1) is 0 Å². The van der Waals surface area contributed by atoms with Crippen molar-refractivity contribution in [2.24, 2.45) is 11.5 Å². The van der Waals surface area contributed by atoms with E-state index in [2.05, 4.69) is 0 Å². The van der Waals surface area contributed by atoms with Gasteiger partial charge in [0.25, 0.3) is 0 Å². The van der Waals surface area contributed by atoms with Crippen molar-refractivity contribution in [1.29, 1.82) is 0 Å². The van der Waals surface area contributed by atoms with Crippen LogP contribution in [0.25, 0.3) is 0 Å². The van der Waals surface area contributed by atoms with E-state index in [9.17, 15) is 13.3 Å². The molecular formula is C23H31N2O5PS. The molecule has 1 aliphatic rings. The van der Waals surface area contributed by atoms with Gasteiger partial charge in [-0.15, -0.1) is 0 Å². The molecule has 1 unspecified atom stereocenters. The Morgan fingerprint density at radius 2 is 1.59 bits per heavy atom. The maximum atomic E-state index is 12.3. The average molecular weight is 479 g/mol. The summed E-state index contributed by atoms with van der Waals surface area (Å²) >= 11 is 0. The second kappa shape index (κ2) is 10.3. The number of nitrogens with two attached hydrogens (primary N) is 2. The molecule has 9 heteroatoms. The van der Waals surface area contributed by atoms with E-state index in [0.717, 1.165) is 17.4 Å². The van der Waals surface area contributed by atoms with Crippen LogP contribution in [-0.4, -0.2) is 37.2 Å². The fraction of sp³-hybridized carbons (Fsp3) is 0.304. The molecule has 0 bridgehead atoms. The van der Waals surface area contributed by atoms with Crippen LogP contribution in [0.1, 0.15) is 17.5 Å². The minimum absolute atomic E-state index is 0.0365. The standard InChI is InChI=1S/C23H31N2O5PS/c1-32(27,28)23(25)13-12-21(24)22(16-23)31(26,30-18-20-10-6-3-7-11-20)15-14-29-17-19-8-4-2-5-9-19/h2-12,16,26,31H,13-15,17-18,24-25H2,1H3. The van der Waals surface area contributed by atoms with Crippen molar-refractivity contribution >= 4 is 17.6 Å². The molecule has 0 saturated heterocycles. The summed E-state index contributed by atoms with van der Waals surface area (Å²) in [5, 5.41) is 0.274. The van der Waals surface area contributed by atoms with Crippen LogP contribution in [0.5, 0.6) is 0 Å². The summed E-state index contributed by atoms with van der Waals surface area (Å²) in [5.41, 5.74) is 14.6. The van der Waals surface area contributed by atoms with E-state index in [1.165, 1.54) is 6.08 Å². The first-order valence-corrected chi connectivity index (χ1v) is 14.3. The number of allylic oxidation sites excluding steroid dienone is 1. The number of rotatable bonds is 10. The molecule has 0 heterocycles. The van der Waals surface area contributed by atoms with Crippen LogP contribution in [-0.2, 0) is 32.3 Å². The molecule has 1 aliphatic carbocycles. The summed E-state index contributed by atoms with van der Waals surface area (Å²) in [5.74, 6) is 0. The van der Waals surface area contributed by atoms with Crippen molar-refractivity contribution in [2.45, 2.75) is 24.5 Å². The quantitative estimate of drug-likeness (QED) is 0.354. The molecular weight excluding hydrogens is 447 g/mol. The van der Waals surface area contributed by atoms with Crippen LogP contribution < -0.4 is 11.5 Å². The van der Waals surface area contributed by atoms with Crippen molar-refractivity contribution in [3.8, 4) is 0 Å². The van der Waals surface area contributed by atoms with Gasteiger partial charge in [-0.1, -0.05) is 0 Å². The molecule has 0 spiro atoms. The molecule has 0 aliphatic heterocycles. The Morgan fingerprint density at radius 3 is 2.16 bits per heavy atom. The van der Waals surface area contributed by atoms with E-state index in [1.54, 1.807) is 6.08 Å². The van der Waals surface area contributed by atoms with Crippen molar-refractivity contribution in [3.63, 3.8) is 0 Å². The van der Waals surface area contributed by atoms with E-state index in [0.29, 0.717) is 12.3 Å². The van der Waals surface area contributed by atoms with Gasteiger partial charge in [0.15, 0.2) is 0 Å². The summed E-state index contributed by atoms with van der Waals surface area (Å²) in [6, 6.07) is 19.1. The van der Waals surface area contributed by atoms with Crippen LogP contribution in [0.3, 0.4) is 0 Å². The second-order valence-corrected chi connectivity index (χ2v) is 13.2. The zero-order valence-electron chi connectivity index (χ0n) is 18.1. The first-order chi connectivity index (χ1) is 15.1. The van der Waals surface area contributed by atoms with E-state index < -0.39 is 22.4 Å². The Balaban J connectivity index is 1.82. The topological polar surface area (TPSA) is 125 Å². The van der Waals surface area contributed by atoms with Gasteiger partial charge in [0.1, 0.15) is 0 Å². The molecule has 32 heavy (non-hydrogen) atoms. The zero-order chi connectivity index (χ0) is 23.2. The Hall–Kier alpha value is -2.06. The summed E-state index contributed by atoms with van der Waals surface area (Å²) in [6.45, 7) is 0.759. The Kier molecular flexibility index (Phi) is 7.88. The van der Waals surface area contributed by atoms with Gasteiger partial charge in [0.2, 0.25) is 0 Å². The number of hydrogen-bond donors (Lipinski definition) is 3. The van der Waals surface area contributed by atoms with Gasteiger partial charge < -0.3 is 0 Å². The number of ether oxygens (including phenoxy) is 1. The number of benzene rings is 2. The van der Waals surface area contributed by atoms with Gasteiger partial charge in [0, 0.05) is 0 Å². The monoisotopic (exact) mass is 478 g/mol. The Bertz CT molecular complexity index is 1080. The third-order valence-electron chi connectivity index (χ3n) is 5.47. The van der Waals surface area contributed by atoms with Gasteiger partial charge in [-0.3, -0.25) is 0 Å². The fourth-order valence-corrected chi connectivity index (χ4v) is 6.65. The van der Waals surface area contributed by atoms with Gasteiger partial charge in [-0.25, -0.2) is 0 Å². The number of hydrogen-bond acceptors (Lipinski definition) is 7. The van der Waals surface area contributed by atoms with Gasteiger partial charge in [-0.2, -0.15) is 0 Å². The predicted molar refractivity (Wildman–Crippen MR) is 129 cm³/mol.